The summed E-state index contributed by atoms with van der Waals surface area (Å²) >= 11 is 6.19. The van der Waals surface area contributed by atoms with Crippen LogP contribution >= 0.6 is 11.6 Å². The molecule has 0 N–H and O–H groups in total. The molecule has 0 amide bonds. The molecule has 3 heteroatoms. The van der Waals surface area contributed by atoms with Gasteiger partial charge in [-0.2, -0.15) is 0 Å². The van der Waals surface area contributed by atoms with E-state index in [2.05, 4.69) is 17.1 Å². The predicted molar refractivity (Wildman–Crippen MR) is 91.4 cm³/mol. The van der Waals surface area contributed by atoms with Crippen LogP contribution in [0.4, 0.5) is 0 Å². The fraction of sp³-hybridized carbons (Fsp3) is 0.158. The molecule has 3 rings (SSSR count). The number of aryl methyl sites for hydroxylation is 1. The summed E-state index contributed by atoms with van der Waals surface area (Å²) in [5.41, 5.74) is 4.86. The number of hydrogen-bond acceptors (Lipinski definition) is 2. The monoisotopic (exact) mass is 309 g/mol. The van der Waals surface area contributed by atoms with Crippen molar-refractivity contribution in [3.8, 4) is 11.1 Å². The zero-order valence-corrected chi connectivity index (χ0v) is 13.3. The molecule has 1 heterocycles. The van der Waals surface area contributed by atoms with Gasteiger partial charge in [0.25, 0.3) is 0 Å². The van der Waals surface area contributed by atoms with Crippen LogP contribution in [0.5, 0.6) is 0 Å². The van der Waals surface area contributed by atoms with Gasteiger partial charge < -0.3 is 4.79 Å². The highest BCUT2D eigenvalue weighted by atomic mass is 35.5. The van der Waals surface area contributed by atoms with E-state index in [1.54, 1.807) is 0 Å². The molecule has 1 aromatic heterocycles. The third-order valence-electron chi connectivity index (χ3n) is 3.90. The summed E-state index contributed by atoms with van der Waals surface area (Å²) in [6, 6.07) is 15.8. The fourth-order valence-electron chi connectivity index (χ4n) is 2.91. The quantitative estimate of drug-likeness (QED) is 0.625. The third-order valence-corrected chi connectivity index (χ3v) is 4.13. The standard InChI is InChI=1S/C19H16ClNO/c1-12(11-22)18-13(2)21-17-9-8-15(20)10-16(17)19(18)14-6-4-3-5-7-14/h3-12H,1-2H3. The number of halogens is 1. The molecule has 0 spiro atoms. The Morgan fingerprint density at radius 3 is 2.55 bits per heavy atom. The van der Waals surface area contributed by atoms with Crippen molar-refractivity contribution in [2.75, 3.05) is 0 Å². The number of nitrogens with zero attached hydrogens (tertiary/aromatic N) is 1. The van der Waals surface area contributed by atoms with E-state index < -0.39 is 0 Å². The summed E-state index contributed by atoms with van der Waals surface area (Å²) in [4.78, 5) is 16.0. The molecule has 1 atom stereocenters. The maximum atomic E-state index is 11.4. The number of rotatable bonds is 3. The van der Waals surface area contributed by atoms with Gasteiger partial charge in [0.05, 0.1) is 5.52 Å². The van der Waals surface area contributed by atoms with E-state index in [0.29, 0.717) is 5.02 Å². The van der Waals surface area contributed by atoms with Crippen molar-refractivity contribution in [1.82, 2.24) is 4.98 Å². The highest BCUT2D eigenvalue weighted by Crippen LogP contribution is 2.37. The molecule has 0 saturated heterocycles. The zero-order valence-electron chi connectivity index (χ0n) is 12.5. The Morgan fingerprint density at radius 1 is 1.14 bits per heavy atom. The van der Waals surface area contributed by atoms with Crippen LogP contribution in [0.1, 0.15) is 24.1 Å². The number of aldehydes is 1. The molecular weight excluding hydrogens is 294 g/mol. The molecule has 2 nitrogen and oxygen atoms in total. The SMILES string of the molecule is Cc1nc2ccc(Cl)cc2c(-c2ccccc2)c1C(C)C=O. The van der Waals surface area contributed by atoms with Crippen molar-refractivity contribution in [1.29, 1.82) is 0 Å². The summed E-state index contributed by atoms with van der Waals surface area (Å²) in [5.74, 6) is -0.217. The highest BCUT2D eigenvalue weighted by molar-refractivity contribution is 6.31. The van der Waals surface area contributed by atoms with Crippen LogP contribution < -0.4 is 0 Å². The van der Waals surface area contributed by atoms with E-state index in [-0.39, 0.29) is 5.92 Å². The van der Waals surface area contributed by atoms with Gasteiger partial charge in [-0.15, -0.1) is 0 Å². The van der Waals surface area contributed by atoms with Gasteiger partial charge in [0.15, 0.2) is 0 Å². The van der Waals surface area contributed by atoms with E-state index in [4.69, 9.17) is 11.6 Å². The molecule has 1 unspecified atom stereocenters. The van der Waals surface area contributed by atoms with Crippen molar-refractivity contribution in [2.24, 2.45) is 0 Å². The number of fused-ring (bicyclic) bond motifs is 1. The zero-order chi connectivity index (χ0) is 15.7. The van der Waals surface area contributed by atoms with Gasteiger partial charge in [-0.1, -0.05) is 48.9 Å². The Hall–Kier alpha value is -2.19. The van der Waals surface area contributed by atoms with Gasteiger partial charge in [0.2, 0.25) is 0 Å². The second-order valence-electron chi connectivity index (χ2n) is 5.44. The van der Waals surface area contributed by atoms with Gasteiger partial charge >= 0.3 is 0 Å². The van der Waals surface area contributed by atoms with Gasteiger partial charge in [0.1, 0.15) is 6.29 Å². The highest BCUT2D eigenvalue weighted by Gasteiger charge is 2.19. The topological polar surface area (TPSA) is 30.0 Å². The Morgan fingerprint density at radius 2 is 1.86 bits per heavy atom. The largest absolute Gasteiger partial charge is 0.303 e. The van der Waals surface area contributed by atoms with E-state index >= 15 is 0 Å². The molecule has 0 aliphatic heterocycles. The molecule has 0 fully saturated rings. The predicted octanol–water partition coefficient (Wildman–Crippen LogP) is 5.17. The Balaban J connectivity index is 2.47. The summed E-state index contributed by atoms with van der Waals surface area (Å²) in [7, 11) is 0. The summed E-state index contributed by atoms with van der Waals surface area (Å²) in [6.07, 6.45) is 0.965. The van der Waals surface area contributed by atoms with Gasteiger partial charge in [-0.25, -0.2) is 0 Å². The number of carbonyl (C=O) groups is 1. The van der Waals surface area contributed by atoms with Crippen LogP contribution in [0.3, 0.4) is 0 Å². The van der Waals surface area contributed by atoms with Crippen LogP contribution in [-0.2, 0) is 4.79 Å². The first-order valence-electron chi connectivity index (χ1n) is 7.22. The second kappa shape index (κ2) is 5.90. The maximum absolute atomic E-state index is 11.4. The number of pyridine rings is 1. The van der Waals surface area contributed by atoms with E-state index in [1.807, 2.05) is 50.2 Å². The van der Waals surface area contributed by atoms with Crippen LogP contribution in [0.25, 0.3) is 22.0 Å². The fourth-order valence-corrected chi connectivity index (χ4v) is 3.09. The average molecular weight is 310 g/mol. The minimum absolute atomic E-state index is 0.217. The number of carbonyl (C=O) groups excluding carboxylic acids is 1. The van der Waals surface area contributed by atoms with E-state index in [0.717, 1.165) is 39.6 Å². The van der Waals surface area contributed by atoms with Crippen LogP contribution in [0.15, 0.2) is 48.5 Å². The van der Waals surface area contributed by atoms with Crippen molar-refractivity contribution in [3.05, 3.63) is 64.8 Å². The van der Waals surface area contributed by atoms with Gasteiger partial charge in [0, 0.05) is 22.0 Å². The lowest BCUT2D eigenvalue weighted by Crippen LogP contribution is -2.04. The first kappa shape index (κ1) is 14.7. The van der Waals surface area contributed by atoms with Gasteiger partial charge in [-0.05, 0) is 41.8 Å². The lowest BCUT2D eigenvalue weighted by Gasteiger charge is -2.18. The lowest BCUT2D eigenvalue weighted by molar-refractivity contribution is -0.108. The van der Waals surface area contributed by atoms with Crippen LogP contribution in [0, 0.1) is 6.92 Å². The molecule has 0 aliphatic carbocycles. The lowest BCUT2D eigenvalue weighted by atomic mass is 9.88. The normalized spacial score (nSPS) is 12.3. The summed E-state index contributed by atoms with van der Waals surface area (Å²) in [6.45, 7) is 3.86. The molecule has 0 bridgehead atoms. The smallest absolute Gasteiger partial charge is 0.127 e. The molecule has 110 valence electrons. The number of hydrogen-bond donors (Lipinski definition) is 0. The van der Waals surface area contributed by atoms with Crippen LogP contribution in [-0.4, -0.2) is 11.3 Å². The number of aromatic nitrogens is 1. The van der Waals surface area contributed by atoms with Gasteiger partial charge in [-0.3, -0.25) is 4.98 Å². The van der Waals surface area contributed by atoms with Crippen molar-refractivity contribution >= 4 is 28.8 Å². The summed E-state index contributed by atoms with van der Waals surface area (Å²) < 4.78 is 0. The number of benzene rings is 2. The Bertz CT molecular complexity index is 843. The van der Waals surface area contributed by atoms with Crippen LogP contribution in [0.2, 0.25) is 5.02 Å². The first-order valence-corrected chi connectivity index (χ1v) is 7.60. The third kappa shape index (κ3) is 2.51. The second-order valence-corrected chi connectivity index (χ2v) is 5.87. The van der Waals surface area contributed by atoms with E-state index in [1.165, 1.54) is 0 Å². The molecule has 2 aromatic carbocycles. The minimum atomic E-state index is -0.217. The van der Waals surface area contributed by atoms with Crippen molar-refractivity contribution in [3.63, 3.8) is 0 Å². The molecule has 0 aliphatic rings. The Kier molecular flexibility index (Phi) is 3.95. The van der Waals surface area contributed by atoms with E-state index in [9.17, 15) is 4.79 Å². The minimum Gasteiger partial charge on any atom is -0.303 e. The first-order chi connectivity index (χ1) is 10.6. The van der Waals surface area contributed by atoms with Crippen molar-refractivity contribution < 1.29 is 4.79 Å². The molecule has 0 saturated carbocycles. The maximum Gasteiger partial charge on any atom is 0.127 e. The molecule has 22 heavy (non-hydrogen) atoms. The summed E-state index contributed by atoms with van der Waals surface area (Å²) in [5, 5.41) is 1.65. The molecular formula is C19H16ClNO. The molecule has 3 aromatic rings. The average Bonchev–Trinajstić information content (AvgIpc) is 2.54. The Labute approximate surface area is 134 Å². The van der Waals surface area contributed by atoms with Crippen molar-refractivity contribution in [2.45, 2.75) is 19.8 Å². The molecule has 0 radical (unpaired) electrons.